The van der Waals surface area contributed by atoms with E-state index in [0.717, 1.165) is 0 Å². The van der Waals surface area contributed by atoms with Crippen molar-refractivity contribution >= 4 is 17.8 Å². The number of allylic oxidation sites excluding steroid dienone is 12. The van der Waals surface area contributed by atoms with E-state index in [9.17, 15) is 75.7 Å². The van der Waals surface area contributed by atoms with Crippen LogP contribution in [0.5, 0.6) is 0 Å². The second-order valence-electron chi connectivity index (χ2n) is 19.4. The van der Waals surface area contributed by atoms with Crippen LogP contribution in [0.1, 0.15) is 79.1 Å². The topological polar surface area (TPSA) is 401 Å². The molecule has 3 aliphatic rings. The van der Waals surface area contributed by atoms with Gasteiger partial charge in [-0.1, -0.05) is 98.9 Å². The van der Waals surface area contributed by atoms with Crippen LogP contribution in [-0.4, -0.2) is 207 Å². The molecule has 0 saturated carbocycles. The standard InChI is InChI=1S/C51H81N3O20/c1-29-17-15-13-11-9-7-5-6-8-10-12-14-16-18-36(73-51(70)48(67)44(52)47(66)32(4)72-51)24-42-45(54-49(68)53-27-40(62)41(63)28-55)39(61)26-50(69,74-42)25-35(58)22-38(60)37(59)20-19-33(56)21-34(57)23-43(64)71-31(3)30(2)46(29)65/h5-18,29-39,41-42,44-48,55-61,63,65-67,69-70H,19-28,52H2,1-4H3,(H2,53,54,68)/b6-5+,9-7+,10-8+,13-11+,14-12+,17-15+,18-16+/t29-,30-,31-,32+,33+,34+,35-,36-,37+,38+,39-,41+,42-,44-,45+,46+,47+,48-,50+,51+/m0/s1. The minimum Gasteiger partial charge on any atom is -0.462 e. The van der Waals surface area contributed by atoms with Crippen LogP contribution in [-0.2, 0) is 28.5 Å². The summed E-state index contributed by atoms with van der Waals surface area (Å²) in [7, 11) is 0. The summed E-state index contributed by atoms with van der Waals surface area (Å²) in [5.41, 5.74) is 6.00. The Labute approximate surface area is 431 Å². The molecule has 2 bridgehead atoms. The van der Waals surface area contributed by atoms with E-state index in [1.54, 1.807) is 86.8 Å². The summed E-state index contributed by atoms with van der Waals surface area (Å²) >= 11 is 0. The number of rotatable bonds is 7. The normalized spacial score (nSPS) is 42.7. The van der Waals surface area contributed by atoms with Gasteiger partial charge < -0.3 is 102 Å². The molecule has 3 heterocycles. The molecule has 0 aromatic heterocycles. The highest BCUT2D eigenvalue weighted by Gasteiger charge is 2.54. The number of hydrogen-bond acceptors (Lipinski definition) is 21. The van der Waals surface area contributed by atoms with Gasteiger partial charge in [0.05, 0.1) is 98.8 Å². The summed E-state index contributed by atoms with van der Waals surface area (Å²) < 4.78 is 23.0. The molecule has 0 aromatic rings. The molecule has 17 N–H and O–H groups in total. The van der Waals surface area contributed by atoms with Crippen molar-refractivity contribution in [2.75, 3.05) is 13.2 Å². The molecule has 23 nitrogen and oxygen atoms in total. The number of aliphatic hydroxyl groups excluding tert-OH is 11. The first-order valence-corrected chi connectivity index (χ1v) is 24.9. The second kappa shape index (κ2) is 31.2. The molecule has 0 unspecified atom stereocenters. The average molecular weight is 1060 g/mol. The zero-order valence-corrected chi connectivity index (χ0v) is 42.3. The Balaban J connectivity index is 1.97. The van der Waals surface area contributed by atoms with Crippen molar-refractivity contribution in [1.82, 2.24) is 10.6 Å². The largest absolute Gasteiger partial charge is 0.462 e. The molecule has 0 aromatic carbocycles. The fourth-order valence-electron chi connectivity index (χ4n) is 8.52. The third-order valence-electron chi connectivity index (χ3n) is 13.1. The summed E-state index contributed by atoms with van der Waals surface area (Å²) in [4.78, 5) is 37.9. The second-order valence-corrected chi connectivity index (χ2v) is 19.4. The zero-order valence-electron chi connectivity index (χ0n) is 42.3. The molecular weight excluding hydrogens is 975 g/mol. The van der Waals surface area contributed by atoms with Crippen LogP contribution < -0.4 is 16.4 Å². The number of amides is 2. The van der Waals surface area contributed by atoms with Gasteiger partial charge in [0, 0.05) is 37.5 Å². The molecule has 2 fully saturated rings. The van der Waals surface area contributed by atoms with Crippen molar-refractivity contribution < 1.29 is 99.7 Å². The van der Waals surface area contributed by atoms with Crippen molar-refractivity contribution in [3.63, 3.8) is 0 Å². The van der Waals surface area contributed by atoms with E-state index in [1.165, 1.54) is 19.1 Å². The van der Waals surface area contributed by atoms with Gasteiger partial charge >= 0.3 is 18.0 Å². The number of carbonyl (C=O) groups excluding carboxylic acids is 3. The van der Waals surface area contributed by atoms with Gasteiger partial charge in [-0.2, -0.15) is 0 Å². The van der Waals surface area contributed by atoms with Crippen LogP contribution in [0.25, 0.3) is 0 Å². The fourth-order valence-corrected chi connectivity index (χ4v) is 8.52. The van der Waals surface area contributed by atoms with Gasteiger partial charge in [-0.15, -0.1) is 0 Å². The van der Waals surface area contributed by atoms with Crippen LogP contribution in [0, 0.1) is 11.8 Å². The lowest BCUT2D eigenvalue weighted by Gasteiger charge is -2.48. The Morgan fingerprint density at radius 2 is 1.30 bits per heavy atom. The van der Waals surface area contributed by atoms with E-state index in [4.69, 9.17) is 29.8 Å². The van der Waals surface area contributed by atoms with Crippen molar-refractivity contribution in [2.45, 2.75) is 188 Å². The number of fused-ring (bicyclic) bond motifs is 2. The number of Topliss-reactive ketones (excluding diaryl/α,β-unsaturated/α-hetero) is 1. The van der Waals surface area contributed by atoms with Crippen LogP contribution in [0.2, 0.25) is 0 Å². The number of cyclic esters (lactones) is 1. The Morgan fingerprint density at radius 1 is 0.716 bits per heavy atom. The van der Waals surface area contributed by atoms with Gasteiger partial charge in [0.1, 0.15) is 12.2 Å². The molecule has 0 spiro atoms. The lowest BCUT2D eigenvalue weighted by molar-refractivity contribution is -0.441. The summed E-state index contributed by atoms with van der Waals surface area (Å²) in [6.07, 6.45) is -0.0939. The maximum Gasteiger partial charge on any atom is 0.315 e. The highest BCUT2D eigenvalue weighted by atomic mass is 16.8. The SMILES string of the molecule is C[C@@H]1[C@H](O)[C@@H](C)/C=C/C=C/C=C/C=C/C=C/C=C/C=C/[C@H](O[C@]2(O)O[C@H](C)[C@@H](O)[C@H](N)[C@@H]2O)C[C@@H]2O[C@](O)(C[C@@H](O)C[C@@H](O)[C@H](O)CC[C@@H](O)C[C@@H](O)CC(=O)O[C@H]1C)C[C@H](O)[C@H]2NC(=O)NCC(=O)[C@H](O)CO. The molecule has 2 amide bonds. The molecule has 2 saturated heterocycles. The molecular formula is C51H81N3O20. The predicted molar refractivity (Wildman–Crippen MR) is 265 cm³/mol. The Kier molecular flexibility index (Phi) is 27.1. The van der Waals surface area contributed by atoms with Crippen molar-refractivity contribution in [3.8, 4) is 0 Å². The molecule has 3 aliphatic heterocycles. The Morgan fingerprint density at radius 3 is 1.89 bits per heavy atom. The number of aliphatic hydroxyl groups is 13. The lowest BCUT2D eigenvalue weighted by atomic mass is 9.87. The van der Waals surface area contributed by atoms with Crippen molar-refractivity contribution in [2.24, 2.45) is 17.6 Å². The summed E-state index contributed by atoms with van der Waals surface area (Å²) in [6.45, 7) is 4.86. The number of esters is 1. The molecule has 23 heteroatoms. The van der Waals surface area contributed by atoms with E-state index in [2.05, 4.69) is 10.6 Å². The van der Waals surface area contributed by atoms with E-state index >= 15 is 0 Å². The maximum atomic E-state index is 13.1. The third-order valence-corrected chi connectivity index (χ3v) is 13.1. The molecule has 74 heavy (non-hydrogen) atoms. The monoisotopic (exact) mass is 1060 g/mol. The summed E-state index contributed by atoms with van der Waals surface area (Å²) in [5, 5.41) is 145. The van der Waals surface area contributed by atoms with Crippen LogP contribution in [0.4, 0.5) is 4.79 Å². The first-order chi connectivity index (χ1) is 34.8. The number of nitrogens with one attached hydrogen (secondary N) is 2. The average Bonchev–Trinajstić information content (AvgIpc) is 3.33. The first-order valence-electron chi connectivity index (χ1n) is 24.9. The van der Waals surface area contributed by atoms with E-state index in [-0.39, 0.29) is 25.2 Å². The van der Waals surface area contributed by atoms with Crippen molar-refractivity contribution in [3.05, 3.63) is 85.1 Å². The van der Waals surface area contributed by atoms with Gasteiger partial charge in [-0.3, -0.25) is 9.59 Å². The zero-order chi connectivity index (χ0) is 55.3. The van der Waals surface area contributed by atoms with Gasteiger partial charge in [-0.25, -0.2) is 4.79 Å². The van der Waals surface area contributed by atoms with Gasteiger partial charge in [0.25, 0.3) is 0 Å². The summed E-state index contributed by atoms with van der Waals surface area (Å²) in [6, 6.07) is -4.01. The first kappa shape index (κ1) is 64.2. The van der Waals surface area contributed by atoms with Crippen LogP contribution in [0.15, 0.2) is 85.1 Å². The molecule has 0 aliphatic carbocycles. The number of hydrogen-bond donors (Lipinski definition) is 16. The number of carbonyl (C=O) groups is 3. The maximum absolute atomic E-state index is 13.1. The number of urea groups is 1. The minimum atomic E-state index is -2.87. The van der Waals surface area contributed by atoms with E-state index < -0.39 is 178 Å². The van der Waals surface area contributed by atoms with Crippen molar-refractivity contribution in [1.29, 1.82) is 0 Å². The minimum absolute atomic E-state index is 0.153. The predicted octanol–water partition coefficient (Wildman–Crippen LogP) is -2.08. The van der Waals surface area contributed by atoms with Gasteiger partial charge in [0.15, 0.2) is 17.7 Å². The van der Waals surface area contributed by atoms with Gasteiger partial charge in [-0.05, 0) is 33.1 Å². The Hall–Kier alpha value is -4.09. The Bertz CT molecular complexity index is 1950. The highest BCUT2D eigenvalue weighted by molar-refractivity contribution is 5.88. The highest BCUT2D eigenvalue weighted by Crippen LogP contribution is 2.36. The van der Waals surface area contributed by atoms with Crippen LogP contribution >= 0.6 is 0 Å². The molecule has 0 radical (unpaired) electrons. The quantitative estimate of drug-likeness (QED) is 0.0961. The molecule has 20 atom stereocenters. The number of ether oxygens (including phenoxy) is 4. The number of ketones is 1. The smallest absolute Gasteiger partial charge is 0.315 e. The molecule has 3 rings (SSSR count). The lowest BCUT2D eigenvalue weighted by Crippen LogP contribution is -2.68. The van der Waals surface area contributed by atoms with E-state index in [0.29, 0.717) is 0 Å². The summed E-state index contributed by atoms with van der Waals surface area (Å²) in [5.74, 6) is -7.81. The third kappa shape index (κ3) is 21.1. The fraction of sp³-hybridized carbons (Fsp3) is 0.667. The van der Waals surface area contributed by atoms with Crippen LogP contribution in [0.3, 0.4) is 0 Å². The van der Waals surface area contributed by atoms with Gasteiger partial charge in [0.2, 0.25) is 0 Å². The van der Waals surface area contributed by atoms with E-state index in [1.807, 2.05) is 6.92 Å². The molecule has 420 valence electrons. The number of nitrogens with two attached hydrogens (primary N) is 1.